The van der Waals surface area contributed by atoms with E-state index in [4.69, 9.17) is 9.47 Å². The molecule has 34 heavy (non-hydrogen) atoms. The molecule has 0 radical (unpaired) electrons. The first-order valence-electron chi connectivity index (χ1n) is 11.8. The fourth-order valence-electron chi connectivity index (χ4n) is 4.42. The molecule has 1 atom stereocenters. The Kier molecular flexibility index (Phi) is 7.43. The minimum absolute atomic E-state index is 0.158. The molecule has 9 heteroatoms. The van der Waals surface area contributed by atoms with Crippen LogP contribution in [0.2, 0.25) is 0 Å². The zero-order valence-corrected chi connectivity index (χ0v) is 20.8. The molecular formula is C25H35N7O2. The maximum Gasteiger partial charge on any atom is 0.173 e. The van der Waals surface area contributed by atoms with Crippen molar-refractivity contribution in [1.82, 2.24) is 35.0 Å². The third-order valence-electron chi connectivity index (χ3n) is 6.84. The van der Waals surface area contributed by atoms with Gasteiger partial charge >= 0.3 is 0 Å². The first kappa shape index (κ1) is 24.1. The van der Waals surface area contributed by atoms with Gasteiger partial charge in [0.15, 0.2) is 5.82 Å². The summed E-state index contributed by atoms with van der Waals surface area (Å²) in [6.07, 6.45) is 4.62. The van der Waals surface area contributed by atoms with Gasteiger partial charge in [-0.1, -0.05) is 6.92 Å². The number of benzene rings is 1. The van der Waals surface area contributed by atoms with Gasteiger partial charge in [0.1, 0.15) is 17.5 Å². The van der Waals surface area contributed by atoms with E-state index in [2.05, 4.69) is 63.2 Å². The average molecular weight is 466 g/mol. The van der Waals surface area contributed by atoms with E-state index in [1.165, 1.54) is 5.56 Å². The molecule has 0 spiro atoms. The van der Waals surface area contributed by atoms with E-state index in [1.807, 2.05) is 35.3 Å². The van der Waals surface area contributed by atoms with E-state index in [0.29, 0.717) is 0 Å². The second-order valence-electron chi connectivity index (χ2n) is 9.29. The Balaban J connectivity index is 1.67. The summed E-state index contributed by atoms with van der Waals surface area (Å²) >= 11 is 0. The van der Waals surface area contributed by atoms with Crippen LogP contribution < -0.4 is 9.47 Å². The van der Waals surface area contributed by atoms with Gasteiger partial charge in [-0.25, -0.2) is 4.68 Å². The Morgan fingerprint density at radius 2 is 1.74 bits per heavy atom. The lowest BCUT2D eigenvalue weighted by Crippen LogP contribution is -2.48. The molecule has 1 saturated heterocycles. The highest BCUT2D eigenvalue weighted by Gasteiger charge is 2.35. The molecule has 0 N–H and O–H groups in total. The summed E-state index contributed by atoms with van der Waals surface area (Å²) in [7, 11) is 3.39. The van der Waals surface area contributed by atoms with Crippen molar-refractivity contribution in [3.05, 3.63) is 59.7 Å². The van der Waals surface area contributed by atoms with E-state index >= 15 is 0 Å². The Bertz CT molecular complexity index is 1060. The van der Waals surface area contributed by atoms with Gasteiger partial charge in [-0.3, -0.25) is 14.8 Å². The van der Waals surface area contributed by atoms with Gasteiger partial charge in [0.2, 0.25) is 0 Å². The van der Waals surface area contributed by atoms with Gasteiger partial charge in [0.05, 0.1) is 19.8 Å². The van der Waals surface area contributed by atoms with E-state index < -0.39 is 0 Å². The number of rotatable bonds is 9. The fourth-order valence-corrected chi connectivity index (χ4v) is 4.42. The van der Waals surface area contributed by atoms with Crippen LogP contribution in [0, 0.1) is 0 Å². The molecule has 3 heterocycles. The number of nitrogens with zero attached hydrogens (tertiary/aromatic N) is 7. The molecule has 1 aliphatic heterocycles. The lowest BCUT2D eigenvalue weighted by molar-refractivity contribution is 0.0962. The van der Waals surface area contributed by atoms with Crippen molar-refractivity contribution < 1.29 is 9.47 Å². The van der Waals surface area contributed by atoms with Gasteiger partial charge in [0, 0.05) is 50.7 Å². The number of tetrazole rings is 1. The lowest BCUT2D eigenvalue weighted by atomic mass is 9.98. The molecule has 0 unspecified atom stereocenters. The summed E-state index contributed by atoms with van der Waals surface area (Å²) in [6.45, 7) is 11.1. The quantitative estimate of drug-likeness (QED) is 0.477. The van der Waals surface area contributed by atoms with Gasteiger partial charge in [-0.2, -0.15) is 0 Å². The standard InChI is InChI=1S/C25H35N7O2/c1-6-25(2,3)32-24(27-28-29-32)23(21-17-20(33-4)7-8-22(21)34-5)31-15-13-30(14-16-31)18-19-9-11-26-12-10-19/h7-12,17,23H,6,13-16,18H2,1-5H3/t23-/m0/s1. The van der Waals surface area contributed by atoms with E-state index in [9.17, 15) is 0 Å². The molecule has 1 aromatic carbocycles. The largest absolute Gasteiger partial charge is 0.497 e. The van der Waals surface area contributed by atoms with Gasteiger partial charge in [-0.05, 0) is 66.6 Å². The van der Waals surface area contributed by atoms with Crippen molar-refractivity contribution in [1.29, 1.82) is 0 Å². The minimum Gasteiger partial charge on any atom is -0.497 e. The third kappa shape index (κ3) is 5.05. The van der Waals surface area contributed by atoms with E-state index in [-0.39, 0.29) is 11.6 Å². The summed E-state index contributed by atoms with van der Waals surface area (Å²) in [5.74, 6) is 2.40. The van der Waals surface area contributed by atoms with Gasteiger partial charge in [-0.15, -0.1) is 5.10 Å². The summed E-state index contributed by atoms with van der Waals surface area (Å²) in [5.41, 5.74) is 2.07. The topological polar surface area (TPSA) is 81.4 Å². The first-order chi connectivity index (χ1) is 16.5. The molecule has 9 nitrogen and oxygen atoms in total. The molecule has 1 aliphatic rings. The van der Waals surface area contributed by atoms with E-state index in [0.717, 1.165) is 62.0 Å². The van der Waals surface area contributed by atoms with Crippen LogP contribution in [-0.2, 0) is 12.1 Å². The number of piperazine rings is 1. The molecule has 4 rings (SSSR count). The Labute approximate surface area is 201 Å². The van der Waals surface area contributed by atoms with Crippen molar-refractivity contribution in [2.75, 3.05) is 40.4 Å². The summed E-state index contributed by atoms with van der Waals surface area (Å²) in [6, 6.07) is 9.93. The molecule has 3 aromatic rings. The molecule has 0 aliphatic carbocycles. The number of hydrogen-bond donors (Lipinski definition) is 0. The average Bonchev–Trinajstić information content (AvgIpc) is 3.36. The molecule has 182 valence electrons. The maximum atomic E-state index is 5.79. The minimum atomic E-state index is -0.216. The highest BCUT2D eigenvalue weighted by atomic mass is 16.5. The Morgan fingerprint density at radius 1 is 1.00 bits per heavy atom. The van der Waals surface area contributed by atoms with Crippen molar-refractivity contribution >= 4 is 0 Å². The maximum absolute atomic E-state index is 5.79. The van der Waals surface area contributed by atoms with Crippen molar-refractivity contribution in [3.8, 4) is 11.5 Å². The van der Waals surface area contributed by atoms with Crippen LogP contribution in [0.5, 0.6) is 11.5 Å². The predicted molar refractivity (Wildman–Crippen MR) is 130 cm³/mol. The zero-order valence-electron chi connectivity index (χ0n) is 20.8. The van der Waals surface area contributed by atoms with Crippen molar-refractivity contribution in [3.63, 3.8) is 0 Å². The first-order valence-corrected chi connectivity index (χ1v) is 11.8. The number of aromatic nitrogens is 5. The highest BCUT2D eigenvalue weighted by molar-refractivity contribution is 5.44. The number of ether oxygens (including phenoxy) is 2. The number of pyridine rings is 1. The highest BCUT2D eigenvalue weighted by Crippen LogP contribution is 2.38. The van der Waals surface area contributed by atoms with Crippen LogP contribution in [0.3, 0.4) is 0 Å². The molecule has 2 aromatic heterocycles. The monoisotopic (exact) mass is 465 g/mol. The number of methoxy groups -OCH3 is 2. The Morgan fingerprint density at radius 3 is 2.38 bits per heavy atom. The summed E-state index contributed by atoms with van der Waals surface area (Å²) in [5, 5.41) is 13.0. The van der Waals surface area contributed by atoms with Crippen LogP contribution in [-0.4, -0.2) is 75.4 Å². The van der Waals surface area contributed by atoms with Crippen molar-refractivity contribution in [2.45, 2.75) is 45.3 Å². The smallest absolute Gasteiger partial charge is 0.173 e. The van der Waals surface area contributed by atoms with Crippen molar-refractivity contribution in [2.24, 2.45) is 0 Å². The second-order valence-corrected chi connectivity index (χ2v) is 9.29. The van der Waals surface area contributed by atoms with Crippen LogP contribution in [0.15, 0.2) is 42.7 Å². The molecule has 0 saturated carbocycles. The van der Waals surface area contributed by atoms with Crippen LogP contribution in [0.1, 0.15) is 50.2 Å². The molecular weight excluding hydrogens is 430 g/mol. The van der Waals surface area contributed by atoms with Crippen LogP contribution in [0.4, 0.5) is 0 Å². The second kappa shape index (κ2) is 10.5. The lowest BCUT2D eigenvalue weighted by Gasteiger charge is -2.40. The molecule has 0 bridgehead atoms. The van der Waals surface area contributed by atoms with Gasteiger partial charge < -0.3 is 9.47 Å². The normalized spacial score (nSPS) is 16.4. The van der Waals surface area contributed by atoms with Crippen LogP contribution in [0.25, 0.3) is 0 Å². The van der Waals surface area contributed by atoms with Gasteiger partial charge in [0.25, 0.3) is 0 Å². The summed E-state index contributed by atoms with van der Waals surface area (Å²) in [4.78, 5) is 9.06. The molecule has 1 fully saturated rings. The zero-order chi connectivity index (χ0) is 24.1. The predicted octanol–water partition coefficient (Wildman–Crippen LogP) is 3.14. The van der Waals surface area contributed by atoms with E-state index in [1.54, 1.807) is 14.2 Å². The fraction of sp³-hybridized carbons (Fsp3) is 0.520. The number of hydrogen-bond acceptors (Lipinski definition) is 8. The Hall–Kier alpha value is -3.04. The third-order valence-corrected chi connectivity index (χ3v) is 6.84. The van der Waals surface area contributed by atoms with Crippen LogP contribution >= 0.6 is 0 Å². The SMILES string of the molecule is CCC(C)(C)n1nnnc1[C@H](c1cc(OC)ccc1OC)N1CCN(Cc2ccncc2)CC1. The summed E-state index contributed by atoms with van der Waals surface area (Å²) < 4.78 is 13.3. The molecule has 0 amide bonds.